The standard InChI is InChI=1S/C38H30ClF2NO2/c1-37(2)33-22-27(41)10-14-30(33)34-29-13-9-26(40)21-32(29)36-31(35(34)37)15-16-38(44-36,23-3-7-25(39)8-4-23)24-5-11-28(12-6-24)42-17-19-43-20-18-42/h3-16,21-22H,17-20H2,1-2H3. The van der Waals surface area contributed by atoms with Gasteiger partial charge in [0.1, 0.15) is 17.4 Å². The number of fused-ring (bicyclic) bond motifs is 8. The summed E-state index contributed by atoms with van der Waals surface area (Å²) in [6.45, 7) is 7.34. The fraction of sp³-hybridized carbons (Fsp3) is 0.211. The van der Waals surface area contributed by atoms with Crippen molar-refractivity contribution in [3.8, 4) is 16.9 Å². The van der Waals surface area contributed by atoms with E-state index in [0.29, 0.717) is 29.4 Å². The molecular weight excluding hydrogens is 576 g/mol. The molecule has 0 bridgehead atoms. The molecule has 1 saturated heterocycles. The van der Waals surface area contributed by atoms with Crippen LogP contribution < -0.4 is 9.64 Å². The van der Waals surface area contributed by atoms with Crippen LogP contribution in [0.5, 0.6) is 5.75 Å². The van der Waals surface area contributed by atoms with E-state index in [0.717, 1.165) is 63.1 Å². The number of anilines is 1. The van der Waals surface area contributed by atoms with Crippen LogP contribution in [-0.2, 0) is 15.8 Å². The van der Waals surface area contributed by atoms with E-state index < -0.39 is 11.0 Å². The van der Waals surface area contributed by atoms with Crippen LogP contribution in [0.25, 0.3) is 28.0 Å². The first-order chi connectivity index (χ1) is 21.3. The Hall–Kier alpha value is -4.19. The molecule has 1 atom stereocenters. The van der Waals surface area contributed by atoms with E-state index in [-0.39, 0.29) is 11.6 Å². The Morgan fingerprint density at radius 1 is 0.773 bits per heavy atom. The Kier molecular flexibility index (Phi) is 6.17. The van der Waals surface area contributed by atoms with Gasteiger partial charge in [0.05, 0.1) is 13.2 Å². The zero-order valence-electron chi connectivity index (χ0n) is 24.5. The normalized spacial score (nSPS) is 19.8. The summed E-state index contributed by atoms with van der Waals surface area (Å²) in [6, 6.07) is 26.0. The molecule has 2 aliphatic heterocycles. The molecule has 1 fully saturated rings. The molecule has 6 heteroatoms. The Bertz CT molecular complexity index is 1980. The smallest absolute Gasteiger partial charge is 0.178 e. The van der Waals surface area contributed by atoms with Crippen LogP contribution in [0.1, 0.15) is 41.7 Å². The van der Waals surface area contributed by atoms with Gasteiger partial charge in [-0.25, -0.2) is 8.78 Å². The Labute approximate surface area is 260 Å². The number of hydrogen-bond acceptors (Lipinski definition) is 3. The molecule has 1 aliphatic carbocycles. The first-order valence-electron chi connectivity index (χ1n) is 14.9. The third-order valence-corrected chi connectivity index (χ3v) is 9.75. The van der Waals surface area contributed by atoms with Gasteiger partial charge in [-0.05, 0) is 82.2 Å². The fourth-order valence-corrected chi connectivity index (χ4v) is 7.47. The molecule has 0 aromatic heterocycles. The van der Waals surface area contributed by atoms with Crippen LogP contribution in [0.3, 0.4) is 0 Å². The highest BCUT2D eigenvalue weighted by molar-refractivity contribution is 6.30. The van der Waals surface area contributed by atoms with Crippen LogP contribution in [0, 0.1) is 11.6 Å². The van der Waals surface area contributed by atoms with Crippen LogP contribution in [-0.4, -0.2) is 26.3 Å². The quantitative estimate of drug-likeness (QED) is 0.205. The fourth-order valence-electron chi connectivity index (χ4n) is 7.35. The average Bonchev–Trinajstić information content (AvgIpc) is 3.27. The van der Waals surface area contributed by atoms with E-state index in [1.807, 2.05) is 36.4 Å². The molecular formula is C38H30ClF2NO2. The van der Waals surface area contributed by atoms with Gasteiger partial charge < -0.3 is 14.4 Å². The molecule has 0 spiro atoms. The molecule has 2 heterocycles. The van der Waals surface area contributed by atoms with Crippen molar-refractivity contribution in [3.05, 3.63) is 135 Å². The van der Waals surface area contributed by atoms with Crippen molar-refractivity contribution in [3.63, 3.8) is 0 Å². The summed E-state index contributed by atoms with van der Waals surface area (Å²) < 4.78 is 42.4. The molecule has 1 unspecified atom stereocenters. The summed E-state index contributed by atoms with van der Waals surface area (Å²) in [5.41, 5.74) is 6.27. The number of halogens is 3. The molecule has 0 N–H and O–H groups in total. The number of morpholine rings is 1. The van der Waals surface area contributed by atoms with Gasteiger partial charge in [-0.3, -0.25) is 0 Å². The maximum Gasteiger partial charge on any atom is 0.178 e. The average molecular weight is 606 g/mol. The highest BCUT2D eigenvalue weighted by Crippen LogP contribution is 2.58. The van der Waals surface area contributed by atoms with E-state index in [9.17, 15) is 4.39 Å². The molecule has 3 aliphatic rings. The predicted octanol–water partition coefficient (Wildman–Crippen LogP) is 9.26. The molecule has 220 valence electrons. The lowest BCUT2D eigenvalue weighted by atomic mass is 9.77. The topological polar surface area (TPSA) is 21.7 Å². The van der Waals surface area contributed by atoms with Crippen LogP contribution >= 0.6 is 11.6 Å². The number of rotatable bonds is 3. The monoisotopic (exact) mass is 605 g/mol. The van der Waals surface area contributed by atoms with Crippen molar-refractivity contribution in [1.29, 1.82) is 0 Å². The van der Waals surface area contributed by atoms with Crippen molar-refractivity contribution < 1.29 is 18.3 Å². The lowest BCUT2D eigenvalue weighted by molar-refractivity contribution is 0.122. The Morgan fingerprint density at radius 3 is 2.16 bits per heavy atom. The maximum atomic E-state index is 15.0. The van der Waals surface area contributed by atoms with Crippen molar-refractivity contribution in [2.75, 3.05) is 31.2 Å². The molecule has 3 nitrogen and oxygen atoms in total. The van der Waals surface area contributed by atoms with Crippen LogP contribution in [0.2, 0.25) is 5.02 Å². The summed E-state index contributed by atoms with van der Waals surface area (Å²) in [6.07, 6.45) is 4.20. The molecule has 0 radical (unpaired) electrons. The van der Waals surface area contributed by atoms with Gasteiger partial charge in [0.25, 0.3) is 0 Å². The van der Waals surface area contributed by atoms with Crippen molar-refractivity contribution in [2.24, 2.45) is 0 Å². The second kappa shape index (κ2) is 9.91. The van der Waals surface area contributed by atoms with Gasteiger partial charge in [0, 0.05) is 51.3 Å². The van der Waals surface area contributed by atoms with Gasteiger partial charge in [-0.2, -0.15) is 0 Å². The second-order valence-electron chi connectivity index (χ2n) is 12.3. The van der Waals surface area contributed by atoms with Crippen molar-refractivity contribution in [1.82, 2.24) is 0 Å². The van der Waals surface area contributed by atoms with Crippen molar-refractivity contribution >= 4 is 34.1 Å². The first kappa shape index (κ1) is 27.4. The highest BCUT2D eigenvalue weighted by atomic mass is 35.5. The minimum Gasteiger partial charge on any atom is -0.472 e. The molecule has 8 rings (SSSR count). The highest BCUT2D eigenvalue weighted by Gasteiger charge is 2.44. The third-order valence-electron chi connectivity index (χ3n) is 9.50. The zero-order valence-corrected chi connectivity index (χ0v) is 25.2. The summed E-state index contributed by atoms with van der Waals surface area (Å²) in [7, 11) is 0. The summed E-state index contributed by atoms with van der Waals surface area (Å²) in [4.78, 5) is 2.32. The Balaban J connectivity index is 1.37. The van der Waals surface area contributed by atoms with Gasteiger partial charge in [-0.15, -0.1) is 0 Å². The Morgan fingerprint density at radius 2 is 1.43 bits per heavy atom. The summed E-state index contributed by atoms with van der Waals surface area (Å²) >= 11 is 6.33. The van der Waals surface area contributed by atoms with E-state index in [1.165, 1.54) is 12.1 Å². The molecule has 0 saturated carbocycles. The van der Waals surface area contributed by atoms with Gasteiger partial charge >= 0.3 is 0 Å². The van der Waals surface area contributed by atoms with Crippen LogP contribution in [0.15, 0.2) is 91.0 Å². The van der Waals surface area contributed by atoms with E-state index in [1.54, 1.807) is 12.1 Å². The van der Waals surface area contributed by atoms with Gasteiger partial charge in [-0.1, -0.05) is 67.9 Å². The molecule has 5 aromatic carbocycles. The maximum absolute atomic E-state index is 15.0. The first-order valence-corrected chi connectivity index (χ1v) is 15.3. The number of benzene rings is 5. The number of hydrogen-bond donors (Lipinski definition) is 0. The minimum absolute atomic E-state index is 0.275. The lowest BCUT2D eigenvalue weighted by Gasteiger charge is -2.38. The van der Waals surface area contributed by atoms with Gasteiger partial charge in [0.15, 0.2) is 5.60 Å². The number of ether oxygens (including phenoxy) is 2. The van der Waals surface area contributed by atoms with E-state index in [2.05, 4.69) is 55.2 Å². The third kappa shape index (κ3) is 4.03. The number of nitrogens with zero attached hydrogens (tertiary/aromatic N) is 1. The summed E-state index contributed by atoms with van der Waals surface area (Å²) in [5, 5.41) is 2.18. The predicted molar refractivity (Wildman–Crippen MR) is 173 cm³/mol. The van der Waals surface area contributed by atoms with E-state index >= 15 is 4.39 Å². The molecule has 44 heavy (non-hydrogen) atoms. The van der Waals surface area contributed by atoms with E-state index in [4.69, 9.17) is 21.1 Å². The molecule has 0 amide bonds. The van der Waals surface area contributed by atoms with Crippen molar-refractivity contribution in [2.45, 2.75) is 24.9 Å². The molecule has 5 aromatic rings. The lowest BCUT2D eigenvalue weighted by Crippen LogP contribution is -2.37. The summed E-state index contributed by atoms with van der Waals surface area (Å²) in [5.74, 6) is -0.0152. The minimum atomic E-state index is -1.00. The zero-order chi connectivity index (χ0) is 30.2. The largest absolute Gasteiger partial charge is 0.472 e. The SMILES string of the molecule is CC1(C)c2cc(F)ccc2-c2c1c1c(c3cc(F)ccc23)OC(c2ccc(Cl)cc2)(c2ccc(N3CCOCC3)cc2)C=C1. The van der Waals surface area contributed by atoms with Gasteiger partial charge in [0.2, 0.25) is 0 Å². The second-order valence-corrected chi connectivity index (χ2v) is 12.8. The van der Waals surface area contributed by atoms with Crippen LogP contribution in [0.4, 0.5) is 14.5 Å².